The Balaban J connectivity index is 2.37. The zero-order valence-electron chi connectivity index (χ0n) is 10.2. The first kappa shape index (κ1) is 12.1. The molecule has 0 fully saturated rings. The van der Waals surface area contributed by atoms with Gasteiger partial charge in [-0.2, -0.15) is 0 Å². The fourth-order valence-electron chi connectivity index (χ4n) is 1.76. The number of ketones is 1. The fraction of sp³-hybridized carbons (Fsp3) is 0.143. The van der Waals surface area contributed by atoms with E-state index in [-0.39, 0.29) is 5.78 Å². The molecule has 0 spiro atoms. The van der Waals surface area contributed by atoms with Crippen LogP contribution in [-0.4, -0.2) is 23.4 Å². The SMILES string of the molecule is COC(=O)c1cc(C(=O)c2ccccc2)n(C)c1. The largest absolute Gasteiger partial charge is 0.465 e. The van der Waals surface area contributed by atoms with Crippen molar-refractivity contribution < 1.29 is 14.3 Å². The third kappa shape index (κ3) is 2.18. The van der Waals surface area contributed by atoms with E-state index in [4.69, 9.17) is 0 Å². The van der Waals surface area contributed by atoms with Crippen molar-refractivity contribution in [3.05, 3.63) is 59.4 Å². The van der Waals surface area contributed by atoms with Gasteiger partial charge in [0.1, 0.15) is 0 Å². The summed E-state index contributed by atoms with van der Waals surface area (Å²) in [4.78, 5) is 23.6. The third-order valence-electron chi connectivity index (χ3n) is 2.69. The topological polar surface area (TPSA) is 48.3 Å². The van der Waals surface area contributed by atoms with Gasteiger partial charge in [0.15, 0.2) is 0 Å². The molecule has 0 aliphatic heterocycles. The first-order valence-electron chi connectivity index (χ1n) is 5.48. The van der Waals surface area contributed by atoms with Gasteiger partial charge in [0, 0.05) is 18.8 Å². The van der Waals surface area contributed by atoms with E-state index in [0.717, 1.165) is 0 Å². The Morgan fingerprint density at radius 1 is 1.11 bits per heavy atom. The second-order valence-electron chi connectivity index (χ2n) is 3.91. The summed E-state index contributed by atoms with van der Waals surface area (Å²) in [5, 5.41) is 0. The molecule has 0 atom stereocenters. The molecule has 0 aliphatic rings. The summed E-state index contributed by atoms with van der Waals surface area (Å²) in [6.07, 6.45) is 1.59. The second kappa shape index (κ2) is 4.87. The summed E-state index contributed by atoms with van der Waals surface area (Å²) in [5.41, 5.74) is 1.43. The smallest absolute Gasteiger partial charge is 0.339 e. The summed E-state index contributed by atoms with van der Waals surface area (Å²) >= 11 is 0. The number of rotatable bonds is 3. The van der Waals surface area contributed by atoms with Crippen LogP contribution >= 0.6 is 0 Å². The minimum atomic E-state index is -0.447. The normalized spacial score (nSPS) is 10.1. The Labute approximate surface area is 105 Å². The van der Waals surface area contributed by atoms with Crippen LogP contribution in [0.15, 0.2) is 42.6 Å². The highest BCUT2D eigenvalue weighted by Gasteiger charge is 2.17. The number of aryl methyl sites for hydroxylation is 1. The number of ether oxygens (including phenoxy) is 1. The Bertz CT molecular complexity index is 584. The number of hydrogen-bond donors (Lipinski definition) is 0. The van der Waals surface area contributed by atoms with Crippen LogP contribution in [0.3, 0.4) is 0 Å². The number of methoxy groups -OCH3 is 1. The van der Waals surface area contributed by atoms with Crippen LogP contribution in [0.4, 0.5) is 0 Å². The summed E-state index contributed by atoms with van der Waals surface area (Å²) in [6, 6.07) is 10.5. The van der Waals surface area contributed by atoms with E-state index in [0.29, 0.717) is 16.8 Å². The molecule has 0 saturated carbocycles. The number of aromatic nitrogens is 1. The number of carbonyl (C=O) groups is 2. The van der Waals surface area contributed by atoms with Crippen LogP contribution in [0.5, 0.6) is 0 Å². The van der Waals surface area contributed by atoms with Crippen LogP contribution in [0.25, 0.3) is 0 Å². The van der Waals surface area contributed by atoms with E-state index in [9.17, 15) is 9.59 Å². The molecule has 4 nitrogen and oxygen atoms in total. The molecule has 0 unspecified atom stereocenters. The first-order valence-corrected chi connectivity index (χ1v) is 5.48. The minimum absolute atomic E-state index is 0.117. The summed E-state index contributed by atoms with van der Waals surface area (Å²) in [5.74, 6) is -0.564. The monoisotopic (exact) mass is 243 g/mol. The summed E-state index contributed by atoms with van der Waals surface area (Å²) in [6.45, 7) is 0. The number of carbonyl (C=O) groups excluding carboxylic acids is 2. The van der Waals surface area contributed by atoms with Crippen molar-refractivity contribution >= 4 is 11.8 Å². The first-order chi connectivity index (χ1) is 8.63. The molecule has 0 N–H and O–H groups in total. The highest BCUT2D eigenvalue weighted by Crippen LogP contribution is 2.13. The quantitative estimate of drug-likeness (QED) is 0.612. The molecular formula is C14H13NO3. The van der Waals surface area contributed by atoms with Gasteiger partial charge in [-0.1, -0.05) is 30.3 Å². The summed E-state index contributed by atoms with van der Waals surface area (Å²) in [7, 11) is 3.04. The highest BCUT2D eigenvalue weighted by molar-refractivity contribution is 6.09. The van der Waals surface area contributed by atoms with Crippen molar-refractivity contribution in [1.29, 1.82) is 0 Å². The second-order valence-corrected chi connectivity index (χ2v) is 3.91. The standard InChI is InChI=1S/C14H13NO3/c1-15-9-11(14(17)18-2)8-12(15)13(16)10-6-4-3-5-7-10/h3-9H,1-2H3. The van der Waals surface area contributed by atoms with E-state index >= 15 is 0 Å². The maximum absolute atomic E-state index is 12.2. The Kier molecular flexibility index (Phi) is 3.28. The molecule has 2 aromatic rings. The number of benzene rings is 1. The molecule has 4 heteroatoms. The van der Waals surface area contributed by atoms with Gasteiger partial charge < -0.3 is 9.30 Å². The molecule has 1 aromatic heterocycles. The Morgan fingerprint density at radius 3 is 2.39 bits per heavy atom. The van der Waals surface area contributed by atoms with Gasteiger partial charge in [0.2, 0.25) is 5.78 Å². The molecule has 2 rings (SSSR count). The van der Waals surface area contributed by atoms with Crippen molar-refractivity contribution in [3.63, 3.8) is 0 Å². The van der Waals surface area contributed by atoms with Gasteiger partial charge in [0.25, 0.3) is 0 Å². The average Bonchev–Trinajstić information content (AvgIpc) is 2.80. The van der Waals surface area contributed by atoms with Crippen LogP contribution < -0.4 is 0 Å². The van der Waals surface area contributed by atoms with Crippen LogP contribution in [0, 0.1) is 0 Å². The number of hydrogen-bond acceptors (Lipinski definition) is 3. The lowest BCUT2D eigenvalue weighted by Crippen LogP contribution is -2.06. The zero-order valence-corrected chi connectivity index (χ0v) is 10.2. The zero-order chi connectivity index (χ0) is 13.1. The molecule has 18 heavy (non-hydrogen) atoms. The summed E-state index contributed by atoms with van der Waals surface area (Å²) < 4.78 is 6.25. The maximum Gasteiger partial charge on any atom is 0.339 e. The molecule has 1 heterocycles. The average molecular weight is 243 g/mol. The predicted octanol–water partition coefficient (Wildman–Crippen LogP) is 2.04. The number of nitrogens with zero attached hydrogens (tertiary/aromatic N) is 1. The molecular weight excluding hydrogens is 230 g/mol. The van der Waals surface area contributed by atoms with Crippen molar-refractivity contribution in [2.45, 2.75) is 0 Å². The van der Waals surface area contributed by atoms with Crippen molar-refractivity contribution in [2.75, 3.05) is 7.11 Å². The lowest BCUT2D eigenvalue weighted by molar-refractivity contribution is 0.0600. The van der Waals surface area contributed by atoms with Gasteiger partial charge in [-0.15, -0.1) is 0 Å². The van der Waals surface area contributed by atoms with E-state index in [1.807, 2.05) is 6.07 Å². The van der Waals surface area contributed by atoms with Crippen LogP contribution in [0.2, 0.25) is 0 Å². The van der Waals surface area contributed by atoms with E-state index < -0.39 is 5.97 Å². The van der Waals surface area contributed by atoms with Gasteiger partial charge in [-0.05, 0) is 6.07 Å². The molecule has 1 aromatic carbocycles. The lowest BCUT2D eigenvalue weighted by Gasteiger charge is -2.01. The van der Waals surface area contributed by atoms with Crippen molar-refractivity contribution in [3.8, 4) is 0 Å². The Hall–Kier alpha value is -2.36. The lowest BCUT2D eigenvalue weighted by atomic mass is 10.1. The molecule has 0 bridgehead atoms. The number of esters is 1. The van der Waals surface area contributed by atoms with Crippen LogP contribution in [-0.2, 0) is 11.8 Å². The highest BCUT2D eigenvalue weighted by atomic mass is 16.5. The predicted molar refractivity (Wildman–Crippen MR) is 66.6 cm³/mol. The molecule has 92 valence electrons. The van der Waals surface area contributed by atoms with Crippen molar-refractivity contribution in [1.82, 2.24) is 4.57 Å². The van der Waals surface area contributed by atoms with Gasteiger partial charge >= 0.3 is 5.97 Å². The van der Waals surface area contributed by atoms with Crippen molar-refractivity contribution in [2.24, 2.45) is 7.05 Å². The minimum Gasteiger partial charge on any atom is -0.465 e. The molecule has 0 aliphatic carbocycles. The van der Waals surface area contributed by atoms with E-state index in [2.05, 4.69) is 4.74 Å². The van der Waals surface area contributed by atoms with Gasteiger partial charge in [-0.3, -0.25) is 4.79 Å². The Morgan fingerprint density at radius 2 is 1.78 bits per heavy atom. The van der Waals surface area contributed by atoms with Gasteiger partial charge in [-0.25, -0.2) is 4.79 Å². The third-order valence-corrected chi connectivity index (χ3v) is 2.69. The van der Waals surface area contributed by atoms with Crippen LogP contribution in [0.1, 0.15) is 26.4 Å². The maximum atomic E-state index is 12.2. The molecule has 0 saturated heterocycles. The fourth-order valence-corrected chi connectivity index (χ4v) is 1.76. The van der Waals surface area contributed by atoms with E-state index in [1.165, 1.54) is 7.11 Å². The molecule has 0 amide bonds. The van der Waals surface area contributed by atoms with Gasteiger partial charge in [0.05, 0.1) is 18.4 Å². The molecule has 0 radical (unpaired) electrons. The van der Waals surface area contributed by atoms with E-state index in [1.54, 1.807) is 48.1 Å².